The summed E-state index contributed by atoms with van der Waals surface area (Å²) < 4.78 is 0. The van der Waals surface area contributed by atoms with E-state index in [-0.39, 0.29) is 5.91 Å². The van der Waals surface area contributed by atoms with Crippen molar-refractivity contribution in [2.45, 2.75) is 50.1 Å². The van der Waals surface area contributed by atoms with Gasteiger partial charge in [-0.15, -0.1) is 0 Å². The third kappa shape index (κ3) is 4.50. The lowest BCUT2D eigenvalue weighted by Gasteiger charge is -2.30. The monoisotopic (exact) mass is 318 g/mol. The van der Waals surface area contributed by atoms with E-state index in [2.05, 4.69) is 41.0 Å². The van der Waals surface area contributed by atoms with E-state index >= 15 is 0 Å². The highest BCUT2D eigenvalue weighted by molar-refractivity contribution is 7.99. The van der Waals surface area contributed by atoms with Crippen LogP contribution in [0.25, 0.3) is 0 Å². The summed E-state index contributed by atoms with van der Waals surface area (Å²) in [5.74, 6) is 3.13. The molecule has 3 nitrogen and oxygen atoms in total. The highest BCUT2D eigenvalue weighted by Crippen LogP contribution is 2.32. The minimum atomic E-state index is 0.225. The van der Waals surface area contributed by atoms with Crippen LogP contribution in [0.2, 0.25) is 0 Å². The van der Waals surface area contributed by atoms with Crippen LogP contribution in [-0.4, -0.2) is 36.0 Å². The molecule has 1 heterocycles. The Kier molecular flexibility index (Phi) is 5.79. The van der Waals surface area contributed by atoms with Crippen LogP contribution in [0.1, 0.15) is 43.6 Å². The third-order valence-electron chi connectivity index (χ3n) is 4.79. The van der Waals surface area contributed by atoms with E-state index in [0.717, 1.165) is 25.1 Å². The van der Waals surface area contributed by atoms with Gasteiger partial charge in [0.05, 0.1) is 0 Å². The van der Waals surface area contributed by atoms with Gasteiger partial charge in [-0.3, -0.25) is 4.79 Å². The first-order valence-corrected chi connectivity index (χ1v) is 9.62. The summed E-state index contributed by atoms with van der Waals surface area (Å²) in [5.41, 5.74) is 1.45. The van der Waals surface area contributed by atoms with Crippen molar-refractivity contribution in [3.63, 3.8) is 0 Å². The number of benzene rings is 1. The van der Waals surface area contributed by atoms with Crippen LogP contribution in [0.4, 0.5) is 0 Å². The minimum absolute atomic E-state index is 0.225. The molecule has 22 heavy (non-hydrogen) atoms. The maximum absolute atomic E-state index is 12.2. The molecule has 1 saturated carbocycles. The summed E-state index contributed by atoms with van der Waals surface area (Å²) in [4.78, 5) is 12.2. The smallest absolute Gasteiger partial charge is 0.221 e. The van der Waals surface area contributed by atoms with E-state index in [1.165, 1.54) is 24.2 Å². The summed E-state index contributed by atoms with van der Waals surface area (Å²) in [5, 5.41) is 6.68. The predicted molar refractivity (Wildman–Crippen MR) is 93.3 cm³/mol. The van der Waals surface area contributed by atoms with Crippen molar-refractivity contribution in [3.8, 4) is 0 Å². The van der Waals surface area contributed by atoms with E-state index in [0.29, 0.717) is 24.4 Å². The van der Waals surface area contributed by atoms with Gasteiger partial charge in [-0.05, 0) is 37.2 Å². The van der Waals surface area contributed by atoms with Gasteiger partial charge in [0.2, 0.25) is 5.91 Å². The summed E-state index contributed by atoms with van der Waals surface area (Å²) in [6.45, 7) is 1.03. The highest BCUT2D eigenvalue weighted by Gasteiger charge is 2.24. The number of nitrogens with one attached hydrogen (secondary N) is 2. The average molecular weight is 318 g/mol. The Morgan fingerprint density at radius 1 is 1.18 bits per heavy atom. The molecule has 1 saturated heterocycles. The minimum Gasteiger partial charge on any atom is -0.353 e. The summed E-state index contributed by atoms with van der Waals surface area (Å²) in [6, 6.07) is 11.5. The second-order valence-electron chi connectivity index (χ2n) is 6.46. The molecule has 0 bridgehead atoms. The summed E-state index contributed by atoms with van der Waals surface area (Å²) >= 11 is 1.95. The lowest BCUT2D eigenvalue weighted by atomic mass is 9.82. The van der Waals surface area contributed by atoms with Crippen molar-refractivity contribution in [1.29, 1.82) is 0 Å². The van der Waals surface area contributed by atoms with Gasteiger partial charge >= 0.3 is 0 Å². The summed E-state index contributed by atoms with van der Waals surface area (Å²) in [6.07, 6.45) is 5.22. The quantitative estimate of drug-likeness (QED) is 0.897. The number of amides is 1. The second kappa shape index (κ2) is 8.02. The van der Waals surface area contributed by atoms with Gasteiger partial charge in [-0.25, -0.2) is 0 Å². The van der Waals surface area contributed by atoms with Gasteiger partial charge in [0.15, 0.2) is 0 Å². The fraction of sp³-hybridized carbons (Fsp3) is 0.611. The van der Waals surface area contributed by atoms with E-state index in [4.69, 9.17) is 0 Å². The second-order valence-corrected chi connectivity index (χ2v) is 7.61. The standard InChI is InChI=1S/C18H26N2OS/c21-18(12-17-13-22-11-10-19-17)20-16-8-6-15(7-9-16)14-4-2-1-3-5-14/h1-5,15-17,19H,6-13H2,(H,20,21). The lowest BCUT2D eigenvalue weighted by molar-refractivity contribution is -0.122. The van der Waals surface area contributed by atoms with E-state index in [1.807, 2.05) is 11.8 Å². The molecule has 1 aliphatic heterocycles. The Balaban J connectivity index is 1.41. The molecule has 1 aromatic rings. The Labute approximate surface area is 137 Å². The molecule has 2 fully saturated rings. The number of carbonyl (C=O) groups excluding carboxylic acids is 1. The van der Waals surface area contributed by atoms with Gasteiger partial charge < -0.3 is 10.6 Å². The number of carbonyl (C=O) groups is 1. The number of rotatable bonds is 4. The van der Waals surface area contributed by atoms with E-state index < -0.39 is 0 Å². The molecule has 120 valence electrons. The molecule has 2 aliphatic rings. The first-order chi connectivity index (χ1) is 10.8. The molecule has 0 spiro atoms. The van der Waals surface area contributed by atoms with Crippen molar-refractivity contribution in [3.05, 3.63) is 35.9 Å². The molecule has 2 N–H and O–H groups in total. The largest absolute Gasteiger partial charge is 0.353 e. The first-order valence-electron chi connectivity index (χ1n) is 8.46. The molecule has 1 amide bonds. The number of thioether (sulfide) groups is 1. The van der Waals surface area contributed by atoms with Crippen LogP contribution in [0, 0.1) is 0 Å². The molecule has 0 radical (unpaired) electrons. The SMILES string of the molecule is O=C(CC1CSCCN1)NC1CCC(c2ccccc2)CC1. The van der Waals surface area contributed by atoms with Crippen molar-refractivity contribution in [2.75, 3.05) is 18.1 Å². The van der Waals surface area contributed by atoms with Crippen LogP contribution >= 0.6 is 11.8 Å². The van der Waals surface area contributed by atoms with Crippen molar-refractivity contribution < 1.29 is 4.79 Å². The zero-order valence-corrected chi connectivity index (χ0v) is 13.9. The third-order valence-corrected chi connectivity index (χ3v) is 5.92. The maximum Gasteiger partial charge on any atom is 0.221 e. The number of hydrogen-bond donors (Lipinski definition) is 2. The Morgan fingerprint density at radius 3 is 2.64 bits per heavy atom. The average Bonchev–Trinajstić information content (AvgIpc) is 2.57. The van der Waals surface area contributed by atoms with Crippen LogP contribution in [0.3, 0.4) is 0 Å². The molecule has 1 aromatic carbocycles. The maximum atomic E-state index is 12.2. The first kappa shape index (κ1) is 15.9. The van der Waals surface area contributed by atoms with Gasteiger partial charge in [0.1, 0.15) is 0 Å². The van der Waals surface area contributed by atoms with Crippen molar-refractivity contribution in [2.24, 2.45) is 0 Å². The van der Waals surface area contributed by atoms with Gasteiger partial charge in [0.25, 0.3) is 0 Å². The van der Waals surface area contributed by atoms with Gasteiger partial charge in [-0.1, -0.05) is 30.3 Å². The van der Waals surface area contributed by atoms with Crippen molar-refractivity contribution in [1.82, 2.24) is 10.6 Å². The highest BCUT2D eigenvalue weighted by atomic mass is 32.2. The van der Waals surface area contributed by atoms with Crippen LogP contribution in [0.15, 0.2) is 30.3 Å². The molecule has 4 heteroatoms. The molecule has 0 aromatic heterocycles. The van der Waals surface area contributed by atoms with Crippen LogP contribution in [0.5, 0.6) is 0 Å². The van der Waals surface area contributed by atoms with Crippen LogP contribution in [-0.2, 0) is 4.79 Å². The Morgan fingerprint density at radius 2 is 1.95 bits per heavy atom. The topological polar surface area (TPSA) is 41.1 Å². The molecular formula is C18H26N2OS. The predicted octanol–water partition coefficient (Wildman–Crippen LogP) is 2.92. The summed E-state index contributed by atoms with van der Waals surface area (Å²) in [7, 11) is 0. The van der Waals surface area contributed by atoms with E-state index in [1.54, 1.807) is 0 Å². The Hall–Kier alpha value is -1.00. The van der Waals surface area contributed by atoms with Gasteiger partial charge in [0, 0.05) is 36.6 Å². The van der Waals surface area contributed by atoms with Crippen molar-refractivity contribution >= 4 is 17.7 Å². The molecular weight excluding hydrogens is 292 g/mol. The Bertz CT molecular complexity index is 465. The van der Waals surface area contributed by atoms with E-state index in [9.17, 15) is 4.79 Å². The lowest BCUT2D eigenvalue weighted by Crippen LogP contribution is -2.44. The molecule has 1 unspecified atom stereocenters. The fourth-order valence-corrected chi connectivity index (χ4v) is 4.51. The molecule has 1 aliphatic carbocycles. The fourth-order valence-electron chi connectivity index (χ4n) is 3.56. The molecule has 3 rings (SSSR count). The van der Waals surface area contributed by atoms with Gasteiger partial charge in [-0.2, -0.15) is 11.8 Å². The zero-order chi connectivity index (χ0) is 15.2. The van der Waals surface area contributed by atoms with Crippen LogP contribution < -0.4 is 10.6 Å². The molecule has 1 atom stereocenters. The normalized spacial score (nSPS) is 29.0. The number of hydrogen-bond acceptors (Lipinski definition) is 3. The zero-order valence-electron chi connectivity index (χ0n) is 13.1.